The third kappa shape index (κ3) is 4.89. The number of hydrogen-bond acceptors (Lipinski definition) is 7. The Hall–Kier alpha value is -2.26. The Morgan fingerprint density at radius 1 is 1.27 bits per heavy atom. The Morgan fingerprint density at radius 3 is 2.87 bits per heavy atom. The molecule has 4 rings (SSSR count). The Morgan fingerprint density at radius 2 is 2.10 bits per heavy atom. The van der Waals surface area contributed by atoms with Crippen molar-refractivity contribution in [2.24, 2.45) is 13.0 Å². The van der Waals surface area contributed by atoms with Crippen LogP contribution >= 0.6 is 0 Å². The van der Waals surface area contributed by atoms with Crippen LogP contribution in [-0.2, 0) is 22.9 Å². The maximum atomic E-state index is 13.0. The monoisotopic (exact) mass is 417 g/mol. The van der Waals surface area contributed by atoms with Gasteiger partial charge in [-0.2, -0.15) is 10.1 Å². The molecule has 0 aromatic carbocycles. The molecule has 2 aliphatic rings. The van der Waals surface area contributed by atoms with E-state index >= 15 is 0 Å². The molecule has 0 bridgehead atoms. The molecule has 164 valence electrons. The average Bonchev–Trinajstić information content (AvgIpc) is 3.38. The Kier molecular flexibility index (Phi) is 6.79. The number of nitrogens with zero attached hydrogens (tertiary/aromatic N) is 5. The molecule has 0 saturated carbocycles. The summed E-state index contributed by atoms with van der Waals surface area (Å²) in [5.74, 6) is 1.64. The van der Waals surface area contributed by atoms with E-state index in [0.717, 1.165) is 57.6 Å². The van der Waals surface area contributed by atoms with Crippen molar-refractivity contribution in [1.82, 2.24) is 24.8 Å². The zero-order valence-electron chi connectivity index (χ0n) is 17.9. The fourth-order valence-corrected chi connectivity index (χ4v) is 4.07. The number of likely N-dealkylation sites (tertiary alicyclic amines) is 1. The van der Waals surface area contributed by atoms with Crippen LogP contribution in [-0.4, -0.2) is 63.7 Å². The second kappa shape index (κ2) is 9.70. The van der Waals surface area contributed by atoms with Gasteiger partial charge in [0.2, 0.25) is 5.89 Å². The van der Waals surface area contributed by atoms with Crippen molar-refractivity contribution in [3.05, 3.63) is 29.2 Å². The van der Waals surface area contributed by atoms with Gasteiger partial charge in [0.1, 0.15) is 6.04 Å². The lowest BCUT2D eigenvalue weighted by atomic mass is 10.0. The quantitative estimate of drug-likeness (QED) is 0.639. The van der Waals surface area contributed by atoms with Gasteiger partial charge >= 0.3 is 0 Å². The van der Waals surface area contributed by atoms with Crippen LogP contribution < -0.4 is 0 Å². The Bertz CT molecular complexity index is 823. The lowest BCUT2D eigenvalue weighted by Crippen LogP contribution is -2.39. The van der Waals surface area contributed by atoms with Gasteiger partial charge in [0, 0.05) is 45.5 Å². The van der Waals surface area contributed by atoms with Gasteiger partial charge in [-0.05, 0) is 51.0 Å². The van der Waals surface area contributed by atoms with Crippen molar-refractivity contribution >= 4 is 5.91 Å². The second-order valence-electron chi connectivity index (χ2n) is 8.23. The number of piperidine rings is 1. The molecule has 1 amide bonds. The normalized spacial score (nSPS) is 20.6. The van der Waals surface area contributed by atoms with Crippen molar-refractivity contribution in [1.29, 1.82) is 0 Å². The van der Waals surface area contributed by atoms with Gasteiger partial charge in [0.15, 0.2) is 11.5 Å². The average molecular weight is 418 g/mol. The van der Waals surface area contributed by atoms with Crippen LogP contribution in [0.2, 0.25) is 0 Å². The van der Waals surface area contributed by atoms with Crippen molar-refractivity contribution in [2.75, 3.05) is 33.0 Å². The largest absolute Gasteiger partial charge is 0.381 e. The zero-order valence-corrected chi connectivity index (χ0v) is 17.9. The topological polar surface area (TPSA) is 95.5 Å². The molecule has 2 aliphatic heterocycles. The number of aromatic nitrogens is 4. The Labute approximate surface area is 176 Å². The summed E-state index contributed by atoms with van der Waals surface area (Å²) in [5, 5.41) is 8.46. The number of carbonyl (C=O) groups excluding carboxylic acids is 1. The molecule has 30 heavy (non-hydrogen) atoms. The van der Waals surface area contributed by atoms with E-state index in [4.69, 9.17) is 14.0 Å². The van der Waals surface area contributed by atoms with E-state index in [9.17, 15) is 4.79 Å². The van der Waals surface area contributed by atoms with E-state index in [0.29, 0.717) is 42.9 Å². The van der Waals surface area contributed by atoms with E-state index in [1.54, 1.807) is 4.68 Å². The van der Waals surface area contributed by atoms with E-state index in [1.807, 2.05) is 24.9 Å². The summed E-state index contributed by atoms with van der Waals surface area (Å²) >= 11 is 0. The van der Waals surface area contributed by atoms with Gasteiger partial charge in [0.25, 0.3) is 5.91 Å². The molecule has 2 aromatic heterocycles. The van der Waals surface area contributed by atoms with E-state index in [1.165, 1.54) is 0 Å². The summed E-state index contributed by atoms with van der Waals surface area (Å²) in [4.78, 5) is 19.4. The number of ether oxygens (including phenoxy) is 2. The molecule has 0 spiro atoms. The highest BCUT2D eigenvalue weighted by atomic mass is 16.5. The molecule has 0 radical (unpaired) electrons. The fraction of sp³-hybridized carbons (Fsp3) is 0.714. The third-order valence-corrected chi connectivity index (χ3v) is 6.03. The van der Waals surface area contributed by atoms with Gasteiger partial charge in [-0.25, -0.2) is 0 Å². The summed E-state index contributed by atoms with van der Waals surface area (Å²) in [6.45, 7) is 5.59. The summed E-state index contributed by atoms with van der Waals surface area (Å²) in [5.41, 5.74) is 1.41. The highest BCUT2D eigenvalue weighted by molar-refractivity contribution is 5.92. The summed E-state index contributed by atoms with van der Waals surface area (Å²) < 4.78 is 18.4. The van der Waals surface area contributed by atoms with Gasteiger partial charge in [-0.1, -0.05) is 5.16 Å². The molecule has 1 unspecified atom stereocenters. The highest BCUT2D eigenvalue weighted by Gasteiger charge is 2.33. The minimum atomic E-state index is -0.196. The molecular formula is C21H31N5O4. The summed E-state index contributed by atoms with van der Waals surface area (Å²) in [6, 6.07) is 1.63. The van der Waals surface area contributed by atoms with E-state index in [-0.39, 0.29) is 11.9 Å². The third-order valence-electron chi connectivity index (χ3n) is 6.03. The molecule has 2 saturated heterocycles. The first-order valence-electron chi connectivity index (χ1n) is 10.9. The van der Waals surface area contributed by atoms with Crippen molar-refractivity contribution in [3.63, 3.8) is 0 Å². The first-order valence-corrected chi connectivity index (χ1v) is 10.9. The number of aryl methyl sites for hydroxylation is 2. The van der Waals surface area contributed by atoms with Crippen LogP contribution in [0.4, 0.5) is 0 Å². The van der Waals surface area contributed by atoms with Crippen LogP contribution in [0.5, 0.6) is 0 Å². The van der Waals surface area contributed by atoms with Crippen molar-refractivity contribution in [3.8, 4) is 0 Å². The SMILES string of the molecule is Cc1cc(C(=O)N2CCCCC2c2nc(CCOCC3CCOCC3)no2)nn1C. The standard InChI is InChI=1S/C21H31N5O4/c1-15-13-17(23-25(15)2)21(27)26-9-4-3-5-18(26)20-22-19(24-30-20)8-12-29-14-16-6-10-28-11-7-16/h13,16,18H,3-12,14H2,1-2H3. The minimum Gasteiger partial charge on any atom is -0.381 e. The molecule has 2 aromatic rings. The number of hydrogen-bond donors (Lipinski definition) is 0. The fourth-order valence-electron chi connectivity index (χ4n) is 4.07. The molecule has 9 nitrogen and oxygen atoms in total. The molecule has 0 aliphatic carbocycles. The van der Waals surface area contributed by atoms with Crippen LogP contribution in [0.1, 0.15) is 66.0 Å². The predicted molar refractivity (Wildman–Crippen MR) is 108 cm³/mol. The lowest BCUT2D eigenvalue weighted by molar-refractivity contribution is 0.0211. The predicted octanol–water partition coefficient (Wildman–Crippen LogP) is 2.46. The first-order chi connectivity index (χ1) is 14.6. The lowest BCUT2D eigenvalue weighted by Gasteiger charge is -2.32. The molecule has 1 atom stereocenters. The van der Waals surface area contributed by atoms with Gasteiger partial charge in [0.05, 0.1) is 6.61 Å². The van der Waals surface area contributed by atoms with E-state index in [2.05, 4.69) is 15.2 Å². The molecule has 9 heteroatoms. The van der Waals surface area contributed by atoms with E-state index < -0.39 is 0 Å². The first kappa shape index (κ1) is 21.0. The van der Waals surface area contributed by atoms with Gasteiger partial charge < -0.3 is 18.9 Å². The van der Waals surface area contributed by atoms with Gasteiger partial charge in [-0.3, -0.25) is 9.48 Å². The maximum Gasteiger partial charge on any atom is 0.275 e. The van der Waals surface area contributed by atoms with Crippen molar-refractivity contribution in [2.45, 2.75) is 51.5 Å². The smallest absolute Gasteiger partial charge is 0.275 e. The number of carbonyl (C=O) groups is 1. The van der Waals surface area contributed by atoms with Crippen LogP contribution in [0, 0.1) is 12.8 Å². The maximum absolute atomic E-state index is 13.0. The highest BCUT2D eigenvalue weighted by Crippen LogP contribution is 2.31. The van der Waals surface area contributed by atoms with Crippen LogP contribution in [0.25, 0.3) is 0 Å². The van der Waals surface area contributed by atoms with Crippen LogP contribution in [0.3, 0.4) is 0 Å². The van der Waals surface area contributed by atoms with Gasteiger partial charge in [-0.15, -0.1) is 0 Å². The summed E-state index contributed by atoms with van der Waals surface area (Å²) in [7, 11) is 1.84. The number of amides is 1. The number of rotatable bonds is 7. The molecule has 4 heterocycles. The molecule has 0 N–H and O–H groups in total. The van der Waals surface area contributed by atoms with Crippen molar-refractivity contribution < 1.29 is 18.8 Å². The minimum absolute atomic E-state index is 0.0806. The summed E-state index contributed by atoms with van der Waals surface area (Å²) in [6.07, 6.45) is 5.55. The zero-order chi connectivity index (χ0) is 20.9. The Balaban J connectivity index is 1.34. The molecular weight excluding hydrogens is 386 g/mol. The van der Waals surface area contributed by atoms with Crippen LogP contribution in [0.15, 0.2) is 10.6 Å². The molecule has 2 fully saturated rings. The second-order valence-corrected chi connectivity index (χ2v) is 8.23.